The lowest BCUT2D eigenvalue weighted by molar-refractivity contribution is 1.08. The first-order chi connectivity index (χ1) is 7.24. The van der Waals surface area contributed by atoms with Gasteiger partial charge in [-0.05, 0) is 19.1 Å². The molecule has 0 spiro atoms. The van der Waals surface area contributed by atoms with Gasteiger partial charge in [-0.25, -0.2) is 9.97 Å². The number of hydrogen-bond donors (Lipinski definition) is 2. The third kappa shape index (κ3) is 2.66. The molecule has 2 heterocycles. The highest BCUT2D eigenvalue weighted by molar-refractivity contribution is 7.11. The van der Waals surface area contributed by atoms with Gasteiger partial charge < -0.3 is 11.1 Å². The van der Waals surface area contributed by atoms with E-state index in [1.54, 1.807) is 17.5 Å². The minimum absolute atomic E-state index is 0.672. The Morgan fingerprint density at radius 2 is 2.20 bits per heavy atom. The molecular formula is C10H12N4S. The van der Waals surface area contributed by atoms with Gasteiger partial charge in [0.1, 0.15) is 10.8 Å². The first-order valence-electron chi connectivity index (χ1n) is 4.61. The summed E-state index contributed by atoms with van der Waals surface area (Å²) in [6.45, 7) is 2.75. The van der Waals surface area contributed by atoms with Crippen molar-refractivity contribution in [2.75, 3.05) is 11.1 Å². The van der Waals surface area contributed by atoms with Gasteiger partial charge in [0.2, 0.25) is 0 Å². The average molecular weight is 220 g/mol. The van der Waals surface area contributed by atoms with Crippen LogP contribution < -0.4 is 11.1 Å². The number of hydrogen-bond acceptors (Lipinski definition) is 5. The molecule has 0 aliphatic heterocycles. The standard InChI is InChI=1S/C10H12N4S/c1-7-4-14-10(15-7)6-13-9-3-2-8(11)5-12-9/h2-5H,6,11H2,1H3,(H,12,13). The molecule has 0 radical (unpaired) electrons. The fourth-order valence-corrected chi connectivity index (χ4v) is 1.89. The van der Waals surface area contributed by atoms with Crippen molar-refractivity contribution in [3.8, 4) is 0 Å². The summed E-state index contributed by atoms with van der Waals surface area (Å²) in [7, 11) is 0. The highest BCUT2D eigenvalue weighted by Crippen LogP contribution is 2.13. The number of nitrogens with one attached hydrogen (secondary N) is 1. The van der Waals surface area contributed by atoms with Gasteiger partial charge in [-0.1, -0.05) is 0 Å². The van der Waals surface area contributed by atoms with E-state index in [-0.39, 0.29) is 0 Å². The van der Waals surface area contributed by atoms with Crippen LogP contribution in [0.5, 0.6) is 0 Å². The van der Waals surface area contributed by atoms with Gasteiger partial charge in [0, 0.05) is 11.1 Å². The second-order valence-corrected chi connectivity index (χ2v) is 4.51. The predicted molar refractivity (Wildman–Crippen MR) is 62.8 cm³/mol. The molecular weight excluding hydrogens is 208 g/mol. The number of aryl methyl sites for hydroxylation is 1. The van der Waals surface area contributed by atoms with Crippen LogP contribution in [0.2, 0.25) is 0 Å². The first-order valence-corrected chi connectivity index (χ1v) is 5.42. The van der Waals surface area contributed by atoms with E-state index < -0.39 is 0 Å². The average Bonchev–Trinajstić information content (AvgIpc) is 2.64. The van der Waals surface area contributed by atoms with Gasteiger partial charge in [0.05, 0.1) is 18.4 Å². The minimum Gasteiger partial charge on any atom is -0.397 e. The molecule has 2 aromatic rings. The molecule has 2 rings (SSSR count). The molecule has 0 bridgehead atoms. The maximum Gasteiger partial charge on any atom is 0.126 e. The zero-order valence-corrected chi connectivity index (χ0v) is 9.21. The van der Waals surface area contributed by atoms with Crippen molar-refractivity contribution in [2.24, 2.45) is 0 Å². The van der Waals surface area contributed by atoms with Gasteiger partial charge in [-0.2, -0.15) is 0 Å². The molecule has 0 aliphatic rings. The van der Waals surface area contributed by atoms with Gasteiger partial charge in [0.15, 0.2) is 0 Å². The fourth-order valence-electron chi connectivity index (χ4n) is 1.16. The van der Waals surface area contributed by atoms with Crippen molar-refractivity contribution in [3.05, 3.63) is 34.4 Å². The second-order valence-electron chi connectivity index (χ2n) is 3.19. The van der Waals surface area contributed by atoms with E-state index in [2.05, 4.69) is 15.3 Å². The first kappa shape index (κ1) is 9.92. The minimum atomic E-state index is 0.672. The van der Waals surface area contributed by atoms with Crippen molar-refractivity contribution in [2.45, 2.75) is 13.5 Å². The summed E-state index contributed by atoms with van der Waals surface area (Å²) >= 11 is 1.68. The zero-order chi connectivity index (χ0) is 10.7. The van der Waals surface area contributed by atoms with Gasteiger partial charge >= 0.3 is 0 Å². The molecule has 2 aromatic heterocycles. The Hall–Kier alpha value is -1.62. The molecule has 0 unspecified atom stereocenters. The number of nitrogens with two attached hydrogens (primary N) is 1. The summed E-state index contributed by atoms with van der Waals surface area (Å²) in [5.74, 6) is 0.817. The summed E-state index contributed by atoms with van der Waals surface area (Å²) in [6.07, 6.45) is 3.51. The predicted octanol–water partition coefficient (Wildman–Crippen LogP) is 2.04. The van der Waals surface area contributed by atoms with Crippen LogP contribution in [-0.4, -0.2) is 9.97 Å². The second kappa shape index (κ2) is 4.27. The number of anilines is 2. The summed E-state index contributed by atoms with van der Waals surface area (Å²) in [5.41, 5.74) is 6.21. The van der Waals surface area contributed by atoms with Crippen LogP contribution in [0.25, 0.3) is 0 Å². The van der Waals surface area contributed by atoms with E-state index in [1.165, 1.54) is 4.88 Å². The van der Waals surface area contributed by atoms with E-state index in [4.69, 9.17) is 5.73 Å². The van der Waals surface area contributed by atoms with Gasteiger partial charge in [-0.15, -0.1) is 11.3 Å². The number of nitrogen functional groups attached to an aromatic ring is 1. The monoisotopic (exact) mass is 220 g/mol. The van der Waals surface area contributed by atoms with Crippen molar-refractivity contribution in [1.82, 2.24) is 9.97 Å². The molecule has 0 atom stereocenters. The molecule has 0 aromatic carbocycles. The van der Waals surface area contributed by atoms with Gasteiger partial charge in [0.25, 0.3) is 0 Å². The van der Waals surface area contributed by atoms with Crippen molar-refractivity contribution >= 4 is 22.8 Å². The summed E-state index contributed by atoms with van der Waals surface area (Å²) in [6, 6.07) is 3.68. The number of pyridine rings is 1. The van der Waals surface area contributed by atoms with E-state index in [1.807, 2.05) is 25.3 Å². The van der Waals surface area contributed by atoms with Crippen LogP contribution in [-0.2, 0) is 6.54 Å². The highest BCUT2D eigenvalue weighted by Gasteiger charge is 1.98. The number of aromatic nitrogens is 2. The summed E-state index contributed by atoms with van der Waals surface area (Å²) in [5, 5.41) is 4.24. The topological polar surface area (TPSA) is 63.8 Å². The van der Waals surface area contributed by atoms with Crippen molar-refractivity contribution in [1.29, 1.82) is 0 Å². The highest BCUT2D eigenvalue weighted by atomic mass is 32.1. The maximum absolute atomic E-state index is 5.54. The molecule has 78 valence electrons. The molecule has 0 amide bonds. The Labute approximate surface area is 92.2 Å². The van der Waals surface area contributed by atoms with E-state index in [9.17, 15) is 0 Å². The summed E-state index contributed by atoms with van der Waals surface area (Å²) < 4.78 is 0. The third-order valence-electron chi connectivity index (χ3n) is 1.88. The Bertz CT molecular complexity index is 435. The van der Waals surface area contributed by atoms with Crippen LogP contribution in [0.3, 0.4) is 0 Å². The van der Waals surface area contributed by atoms with Crippen molar-refractivity contribution in [3.63, 3.8) is 0 Å². The lowest BCUT2D eigenvalue weighted by Gasteiger charge is -2.02. The number of rotatable bonds is 3. The maximum atomic E-state index is 5.54. The quantitative estimate of drug-likeness (QED) is 0.830. The Kier molecular flexibility index (Phi) is 2.82. The molecule has 0 aliphatic carbocycles. The number of thiazole rings is 1. The normalized spacial score (nSPS) is 10.2. The van der Waals surface area contributed by atoms with Gasteiger partial charge in [-0.3, -0.25) is 0 Å². The van der Waals surface area contributed by atoms with E-state index >= 15 is 0 Å². The molecule has 0 saturated heterocycles. The molecule has 15 heavy (non-hydrogen) atoms. The Morgan fingerprint density at radius 1 is 1.33 bits per heavy atom. The number of nitrogens with zero attached hydrogens (tertiary/aromatic N) is 2. The van der Waals surface area contributed by atoms with Crippen LogP contribution in [0, 0.1) is 6.92 Å². The molecule has 5 heteroatoms. The molecule has 0 fully saturated rings. The summed E-state index contributed by atoms with van der Waals surface area (Å²) in [4.78, 5) is 9.61. The van der Waals surface area contributed by atoms with Crippen LogP contribution in [0.15, 0.2) is 24.5 Å². The van der Waals surface area contributed by atoms with E-state index in [0.29, 0.717) is 12.2 Å². The fraction of sp³-hybridized carbons (Fsp3) is 0.200. The lowest BCUT2D eigenvalue weighted by Crippen LogP contribution is -2.00. The largest absolute Gasteiger partial charge is 0.397 e. The molecule has 0 saturated carbocycles. The Balaban J connectivity index is 1.96. The van der Waals surface area contributed by atoms with Crippen LogP contribution in [0.4, 0.5) is 11.5 Å². The smallest absolute Gasteiger partial charge is 0.126 e. The zero-order valence-electron chi connectivity index (χ0n) is 8.40. The van der Waals surface area contributed by atoms with Crippen molar-refractivity contribution < 1.29 is 0 Å². The van der Waals surface area contributed by atoms with Crippen LogP contribution >= 0.6 is 11.3 Å². The third-order valence-corrected chi connectivity index (χ3v) is 2.79. The SMILES string of the molecule is Cc1cnc(CNc2ccc(N)cn2)s1. The lowest BCUT2D eigenvalue weighted by atomic mass is 10.4. The van der Waals surface area contributed by atoms with E-state index in [0.717, 1.165) is 10.8 Å². The molecule has 3 N–H and O–H groups in total. The Morgan fingerprint density at radius 3 is 2.80 bits per heavy atom. The molecule has 4 nitrogen and oxygen atoms in total. The van der Waals surface area contributed by atoms with Crippen LogP contribution in [0.1, 0.15) is 9.88 Å².